The van der Waals surface area contributed by atoms with Gasteiger partial charge in [-0.05, 0) is 47.1 Å². The van der Waals surface area contributed by atoms with E-state index in [0.717, 1.165) is 0 Å². The zero-order chi connectivity index (χ0) is 18.5. The number of rotatable bonds is 5. The van der Waals surface area contributed by atoms with E-state index in [1.807, 2.05) is 0 Å². The SMILES string of the molecule is CC(C)(C)OC(=O)N[C@@H](C(=O)OC(C)(C)C)C(C)(C)CN=[N+]=[N-]. The van der Waals surface area contributed by atoms with Crippen molar-refractivity contribution >= 4 is 12.1 Å². The Morgan fingerprint density at radius 1 is 1.04 bits per heavy atom. The Labute approximate surface area is 137 Å². The molecule has 0 spiro atoms. The number of hydrogen-bond donors (Lipinski definition) is 1. The van der Waals surface area contributed by atoms with Crippen LogP contribution in [-0.4, -0.2) is 35.9 Å². The molecule has 0 aromatic carbocycles. The molecule has 1 amide bonds. The van der Waals surface area contributed by atoms with Gasteiger partial charge in [0.25, 0.3) is 0 Å². The third-order valence-electron chi connectivity index (χ3n) is 2.63. The van der Waals surface area contributed by atoms with Gasteiger partial charge in [-0.15, -0.1) is 0 Å². The van der Waals surface area contributed by atoms with E-state index in [-0.39, 0.29) is 6.54 Å². The maximum atomic E-state index is 12.4. The summed E-state index contributed by atoms with van der Waals surface area (Å²) < 4.78 is 10.5. The number of azide groups is 1. The topological polar surface area (TPSA) is 113 Å². The van der Waals surface area contributed by atoms with E-state index in [0.29, 0.717) is 0 Å². The molecule has 0 aromatic rings. The summed E-state index contributed by atoms with van der Waals surface area (Å²) in [5.74, 6) is -0.610. The molecule has 8 heteroatoms. The van der Waals surface area contributed by atoms with Crippen molar-refractivity contribution in [2.75, 3.05) is 6.54 Å². The van der Waals surface area contributed by atoms with Crippen molar-refractivity contribution in [2.24, 2.45) is 10.5 Å². The van der Waals surface area contributed by atoms with Gasteiger partial charge < -0.3 is 14.8 Å². The predicted molar refractivity (Wildman–Crippen MR) is 86.8 cm³/mol. The summed E-state index contributed by atoms with van der Waals surface area (Å²) in [6.45, 7) is 13.8. The molecule has 0 heterocycles. The number of esters is 1. The highest BCUT2D eigenvalue weighted by Gasteiger charge is 2.39. The van der Waals surface area contributed by atoms with Crippen LogP contribution in [0.15, 0.2) is 5.11 Å². The van der Waals surface area contributed by atoms with Crippen LogP contribution < -0.4 is 5.32 Å². The van der Waals surface area contributed by atoms with Gasteiger partial charge in [-0.25, -0.2) is 9.59 Å². The smallest absolute Gasteiger partial charge is 0.408 e. The molecule has 0 aliphatic rings. The van der Waals surface area contributed by atoms with E-state index in [9.17, 15) is 9.59 Å². The Bertz CT molecular complexity index is 483. The first-order valence-corrected chi connectivity index (χ1v) is 7.41. The van der Waals surface area contributed by atoms with Gasteiger partial charge in [0, 0.05) is 16.9 Å². The van der Waals surface area contributed by atoms with E-state index < -0.39 is 34.7 Å². The summed E-state index contributed by atoms with van der Waals surface area (Å²) in [5.41, 5.74) is 6.25. The monoisotopic (exact) mass is 328 g/mol. The standard InChI is InChI=1S/C15H28N4O4/c1-13(2,3)22-11(20)10(15(7,8)9-17-19-16)18-12(21)23-14(4,5)6/h10H,9H2,1-8H3,(H,18,21)/t10-/m0/s1. The second kappa shape index (κ2) is 7.55. The Morgan fingerprint density at radius 2 is 1.52 bits per heavy atom. The minimum atomic E-state index is -1.01. The average Bonchev–Trinajstić information content (AvgIpc) is 2.28. The lowest BCUT2D eigenvalue weighted by atomic mass is 9.84. The molecular formula is C15H28N4O4. The lowest BCUT2D eigenvalue weighted by Crippen LogP contribution is -2.54. The van der Waals surface area contributed by atoms with Gasteiger partial charge in [-0.1, -0.05) is 19.0 Å². The summed E-state index contributed by atoms with van der Waals surface area (Å²) in [6, 6.07) is -1.01. The summed E-state index contributed by atoms with van der Waals surface area (Å²) >= 11 is 0. The average molecular weight is 328 g/mol. The first kappa shape index (κ1) is 21.0. The quantitative estimate of drug-likeness (QED) is 0.359. The first-order chi connectivity index (χ1) is 10.2. The van der Waals surface area contributed by atoms with Crippen LogP contribution in [0.2, 0.25) is 0 Å². The molecule has 0 aromatic heterocycles. The number of carbonyl (C=O) groups is 2. The maximum Gasteiger partial charge on any atom is 0.408 e. The largest absolute Gasteiger partial charge is 0.458 e. The molecule has 0 rings (SSSR count). The Kier molecular flexibility index (Phi) is 6.91. The van der Waals surface area contributed by atoms with Crippen LogP contribution in [0, 0.1) is 5.41 Å². The number of nitrogens with one attached hydrogen (secondary N) is 1. The summed E-state index contributed by atoms with van der Waals surface area (Å²) in [5, 5.41) is 6.03. The second-order valence-corrected chi connectivity index (χ2v) is 7.99. The lowest BCUT2D eigenvalue weighted by Gasteiger charge is -2.34. The van der Waals surface area contributed by atoms with Crippen molar-refractivity contribution < 1.29 is 19.1 Å². The molecule has 8 nitrogen and oxygen atoms in total. The molecule has 0 radical (unpaired) electrons. The number of nitrogens with zero attached hydrogens (tertiary/aromatic N) is 3. The van der Waals surface area contributed by atoms with Crippen molar-refractivity contribution in [1.29, 1.82) is 0 Å². The lowest BCUT2D eigenvalue weighted by molar-refractivity contribution is -0.160. The fraction of sp³-hybridized carbons (Fsp3) is 0.867. The van der Waals surface area contributed by atoms with E-state index >= 15 is 0 Å². The molecule has 1 atom stereocenters. The van der Waals surface area contributed by atoms with Crippen LogP contribution >= 0.6 is 0 Å². The molecule has 0 saturated carbocycles. The Morgan fingerprint density at radius 3 is 1.91 bits per heavy atom. The third-order valence-corrected chi connectivity index (χ3v) is 2.63. The van der Waals surface area contributed by atoms with Gasteiger partial charge in [0.05, 0.1) is 0 Å². The highest BCUT2D eigenvalue weighted by atomic mass is 16.6. The summed E-state index contributed by atoms with van der Waals surface area (Å²) in [4.78, 5) is 27.2. The molecule has 0 saturated heterocycles. The van der Waals surface area contributed by atoms with Crippen LogP contribution in [0.1, 0.15) is 55.4 Å². The van der Waals surface area contributed by atoms with Crippen molar-refractivity contribution in [3.8, 4) is 0 Å². The van der Waals surface area contributed by atoms with E-state index in [1.165, 1.54) is 0 Å². The van der Waals surface area contributed by atoms with Crippen molar-refractivity contribution in [1.82, 2.24) is 5.32 Å². The minimum absolute atomic E-state index is 0.0171. The molecule has 0 bridgehead atoms. The zero-order valence-corrected chi connectivity index (χ0v) is 15.3. The van der Waals surface area contributed by atoms with Crippen LogP contribution in [-0.2, 0) is 14.3 Å². The molecule has 23 heavy (non-hydrogen) atoms. The van der Waals surface area contributed by atoms with E-state index in [1.54, 1.807) is 55.4 Å². The molecule has 0 fully saturated rings. The molecule has 0 aliphatic heterocycles. The summed E-state index contributed by atoms with van der Waals surface area (Å²) in [6.07, 6.45) is -0.734. The first-order valence-electron chi connectivity index (χ1n) is 7.41. The normalized spacial score (nSPS) is 13.6. The van der Waals surface area contributed by atoms with Crippen molar-refractivity contribution in [3.05, 3.63) is 10.4 Å². The summed E-state index contributed by atoms with van der Waals surface area (Å²) in [7, 11) is 0. The van der Waals surface area contributed by atoms with Gasteiger partial charge in [-0.2, -0.15) is 0 Å². The fourth-order valence-corrected chi connectivity index (χ4v) is 1.66. The van der Waals surface area contributed by atoms with Crippen LogP contribution in [0.25, 0.3) is 10.4 Å². The number of carbonyl (C=O) groups excluding carboxylic acids is 2. The second-order valence-electron chi connectivity index (χ2n) is 7.99. The fourth-order valence-electron chi connectivity index (χ4n) is 1.66. The maximum absolute atomic E-state index is 12.4. The van der Waals surface area contributed by atoms with Gasteiger partial charge >= 0.3 is 12.1 Å². The van der Waals surface area contributed by atoms with E-state index in [4.69, 9.17) is 15.0 Å². The number of amides is 1. The van der Waals surface area contributed by atoms with Crippen LogP contribution in [0.4, 0.5) is 4.79 Å². The van der Waals surface area contributed by atoms with Crippen LogP contribution in [0.3, 0.4) is 0 Å². The zero-order valence-electron chi connectivity index (χ0n) is 15.3. The highest BCUT2D eigenvalue weighted by Crippen LogP contribution is 2.25. The third kappa shape index (κ3) is 8.93. The number of ether oxygens (including phenoxy) is 2. The van der Waals surface area contributed by atoms with Gasteiger partial charge in [0.1, 0.15) is 17.2 Å². The molecule has 0 aliphatic carbocycles. The molecule has 1 N–H and O–H groups in total. The number of alkyl carbamates (subject to hydrolysis) is 1. The molecule has 0 unspecified atom stereocenters. The Balaban J connectivity index is 5.33. The molecular weight excluding hydrogens is 300 g/mol. The predicted octanol–water partition coefficient (Wildman–Crippen LogP) is 3.56. The highest BCUT2D eigenvalue weighted by molar-refractivity contribution is 5.82. The Hall–Kier alpha value is -1.95. The van der Waals surface area contributed by atoms with E-state index in [2.05, 4.69) is 15.3 Å². The van der Waals surface area contributed by atoms with Crippen LogP contribution in [0.5, 0.6) is 0 Å². The van der Waals surface area contributed by atoms with Crippen molar-refractivity contribution in [2.45, 2.75) is 72.6 Å². The van der Waals surface area contributed by atoms with Crippen molar-refractivity contribution in [3.63, 3.8) is 0 Å². The molecule has 132 valence electrons. The van der Waals surface area contributed by atoms with Gasteiger partial charge in [-0.3, -0.25) is 0 Å². The van der Waals surface area contributed by atoms with Gasteiger partial charge in [0.15, 0.2) is 0 Å². The van der Waals surface area contributed by atoms with Gasteiger partial charge in [0.2, 0.25) is 0 Å². The number of hydrogen-bond acceptors (Lipinski definition) is 5. The minimum Gasteiger partial charge on any atom is -0.458 e.